The lowest BCUT2D eigenvalue weighted by Gasteiger charge is -2.17. The van der Waals surface area contributed by atoms with Gasteiger partial charge in [0.1, 0.15) is 12.2 Å². The van der Waals surface area contributed by atoms with Gasteiger partial charge in [-0.3, -0.25) is 4.57 Å². The van der Waals surface area contributed by atoms with Gasteiger partial charge in [-0.15, -0.1) is 0 Å². The van der Waals surface area contributed by atoms with E-state index in [0.29, 0.717) is 0 Å². The number of hydrogen-bond acceptors (Lipinski definition) is 6. The fraction of sp³-hybridized carbons (Fsp3) is 0.556. The van der Waals surface area contributed by atoms with Crippen LogP contribution >= 0.6 is 0 Å². The molecular weight excluding hydrogens is 233 g/mol. The van der Waals surface area contributed by atoms with Crippen molar-refractivity contribution < 1.29 is 19.3 Å². The highest BCUT2D eigenvalue weighted by atomic mass is 19.1. The zero-order valence-corrected chi connectivity index (χ0v) is 8.95. The van der Waals surface area contributed by atoms with Crippen LogP contribution in [-0.2, 0) is 4.74 Å². The Labute approximate surface area is 95.3 Å². The molecule has 1 aliphatic heterocycles. The van der Waals surface area contributed by atoms with Crippen LogP contribution in [0.2, 0.25) is 0 Å². The van der Waals surface area contributed by atoms with Crippen LogP contribution in [0.15, 0.2) is 11.0 Å². The lowest BCUT2D eigenvalue weighted by molar-refractivity contribution is -0.0355. The third-order valence-corrected chi connectivity index (χ3v) is 2.69. The zero-order valence-electron chi connectivity index (χ0n) is 8.95. The fourth-order valence-corrected chi connectivity index (χ4v) is 1.70. The molecule has 1 aliphatic rings. The van der Waals surface area contributed by atoms with E-state index in [0.717, 1.165) is 10.8 Å². The summed E-state index contributed by atoms with van der Waals surface area (Å²) in [5.41, 5.74) is 4.27. The third-order valence-electron chi connectivity index (χ3n) is 2.69. The summed E-state index contributed by atoms with van der Waals surface area (Å²) in [6.07, 6.45) is -3.51. The van der Waals surface area contributed by atoms with Gasteiger partial charge in [-0.1, -0.05) is 0 Å². The summed E-state index contributed by atoms with van der Waals surface area (Å²) < 4.78 is 19.1. The highest BCUT2D eigenvalue weighted by Crippen LogP contribution is 2.28. The SMILES string of the molecule is C[C@H]1O[C@@H](n2cc(F)c(N)nc2=O)[C@@H](O)C1O. The highest BCUT2D eigenvalue weighted by Gasteiger charge is 2.41. The smallest absolute Gasteiger partial charge is 0.351 e. The van der Waals surface area contributed by atoms with E-state index in [9.17, 15) is 19.4 Å². The number of halogens is 1. The number of nitrogen functional groups attached to an aromatic ring is 1. The van der Waals surface area contributed by atoms with Gasteiger partial charge in [0.2, 0.25) is 0 Å². The number of aromatic nitrogens is 2. The van der Waals surface area contributed by atoms with E-state index < -0.39 is 41.9 Å². The summed E-state index contributed by atoms with van der Waals surface area (Å²) in [7, 11) is 0. The highest BCUT2D eigenvalue weighted by molar-refractivity contribution is 5.26. The molecular formula is C9H12FN3O4. The molecule has 1 fully saturated rings. The van der Waals surface area contributed by atoms with Crippen LogP contribution in [-0.4, -0.2) is 38.1 Å². The molecule has 1 aromatic heterocycles. The number of hydrogen-bond donors (Lipinski definition) is 3. The molecule has 0 radical (unpaired) electrons. The minimum atomic E-state index is -1.33. The third kappa shape index (κ3) is 1.90. The van der Waals surface area contributed by atoms with Crippen LogP contribution in [0, 0.1) is 5.82 Å². The summed E-state index contributed by atoms with van der Waals surface area (Å²) in [5.74, 6) is -1.42. The van der Waals surface area contributed by atoms with Crippen molar-refractivity contribution in [1.29, 1.82) is 0 Å². The summed E-state index contributed by atoms with van der Waals surface area (Å²) in [4.78, 5) is 14.7. The molecule has 0 aliphatic carbocycles. The van der Waals surface area contributed by atoms with Crippen molar-refractivity contribution in [2.75, 3.05) is 5.73 Å². The van der Waals surface area contributed by atoms with Crippen molar-refractivity contribution in [3.8, 4) is 0 Å². The minimum absolute atomic E-state index is 0.521. The summed E-state index contributed by atoms with van der Waals surface area (Å²) in [6, 6.07) is 0. The van der Waals surface area contributed by atoms with Crippen LogP contribution in [0.3, 0.4) is 0 Å². The molecule has 1 unspecified atom stereocenters. The van der Waals surface area contributed by atoms with Crippen molar-refractivity contribution in [2.45, 2.75) is 31.5 Å². The maximum Gasteiger partial charge on any atom is 0.351 e. The van der Waals surface area contributed by atoms with Gasteiger partial charge in [-0.2, -0.15) is 4.98 Å². The van der Waals surface area contributed by atoms with Gasteiger partial charge in [0.15, 0.2) is 17.9 Å². The van der Waals surface area contributed by atoms with Crippen molar-refractivity contribution in [3.05, 3.63) is 22.5 Å². The molecule has 2 rings (SSSR count). The molecule has 17 heavy (non-hydrogen) atoms. The second-order valence-corrected chi connectivity index (χ2v) is 3.88. The van der Waals surface area contributed by atoms with Gasteiger partial charge >= 0.3 is 5.69 Å². The summed E-state index contributed by atoms with van der Waals surface area (Å²) in [6.45, 7) is 1.53. The first kappa shape index (κ1) is 12.0. The first-order valence-electron chi connectivity index (χ1n) is 4.97. The number of rotatable bonds is 1. The lowest BCUT2D eigenvalue weighted by Crippen LogP contribution is -2.35. The first-order valence-corrected chi connectivity index (χ1v) is 4.97. The van der Waals surface area contributed by atoms with Gasteiger partial charge in [-0.25, -0.2) is 9.18 Å². The van der Waals surface area contributed by atoms with Crippen molar-refractivity contribution >= 4 is 5.82 Å². The Balaban J connectivity index is 2.42. The van der Waals surface area contributed by atoms with Crippen LogP contribution in [0.1, 0.15) is 13.2 Å². The van der Waals surface area contributed by atoms with Crippen molar-refractivity contribution in [1.82, 2.24) is 9.55 Å². The van der Waals surface area contributed by atoms with Gasteiger partial charge in [0.05, 0.1) is 12.3 Å². The number of anilines is 1. The van der Waals surface area contributed by atoms with Crippen LogP contribution < -0.4 is 11.4 Å². The molecule has 7 nitrogen and oxygen atoms in total. The number of nitrogens with two attached hydrogens (primary N) is 1. The quantitative estimate of drug-likeness (QED) is 0.561. The van der Waals surface area contributed by atoms with E-state index in [1.54, 1.807) is 0 Å². The molecule has 94 valence electrons. The molecule has 4 N–H and O–H groups in total. The van der Waals surface area contributed by atoms with Gasteiger partial charge in [0.25, 0.3) is 0 Å². The molecule has 0 saturated carbocycles. The molecule has 0 bridgehead atoms. The predicted octanol–water partition coefficient (Wildman–Crippen LogP) is -1.40. The Hall–Kier alpha value is -1.51. The Morgan fingerprint density at radius 3 is 2.71 bits per heavy atom. The van der Waals surface area contributed by atoms with E-state index in [1.165, 1.54) is 6.92 Å². The maximum absolute atomic E-state index is 13.2. The Bertz CT molecular complexity index is 492. The van der Waals surface area contributed by atoms with Gasteiger partial charge < -0.3 is 20.7 Å². The van der Waals surface area contributed by atoms with Crippen LogP contribution in [0.25, 0.3) is 0 Å². The summed E-state index contributed by atoms with van der Waals surface area (Å²) in [5, 5.41) is 19.1. The molecule has 2 heterocycles. The van der Waals surface area contributed by atoms with Crippen LogP contribution in [0.5, 0.6) is 0 Å². The monoisotopic (exact) mass is 245 g/mol. The molecule has 8 heteroatoms. The number of nitrogens with zero attached hydrogens (tertiary/aromatic N) is 2. The van der Waals surface area contributed by atoms with E-state index >= 15 is 0 Å². The lowest BCUT2D eigenvalue weighted by atomic mass is 10.1. The normalized spacial score (nSPS) is 32.9. The van der Waals surface area contributed by atoms with E-state index in [-0.39, 0.29) is 0 Å². The molecule has 0 amide bonds. The van der Waals surface area contributed by atoms with Gasteiger partial charge in [-0.05, 0) is 6.92 Å². The largest absolute Gasteiger partial charge is 0.388 e. The predicted molar refractivity (Wildman–Crippen MR) is 54.5 cm³/mol. The topological polar surface area (TPSA) is 111 Å². The number of aliphatic hydroxyl groups excluding tert-OH is 2. The van der Waals surface area contributed by atoms with Crippen LogP contribution in [0.4, 0.5) is 10.2 Å². The second-order valence-electron chi connectivity index (χ2n) is 3.88. The minimum Gasteiger partial charge on any atom is -0.388 e. The average Bonchev–Trinajstić information content (AvgIpc) is 2.51. The molecule has 1 aromatic rings. The van der Waals surface area contributed by atoms with E-state index in [4.69, 9.17) is 10.5 Å². The number of ether oxygens (including phenoxy) is 1. The fourth-order valence-electron chi connectivity index (χ4n) is 1.70. The first-order chi connectivity index (χ1) is 7.91. The Kier molecular flexibility index (Phi) is 2.86. The molecule has 4 atom stereocenters. The molecule has 0 aromatic carbocycles. The standard InChI is InChI=1S/C9H12FN3O4/c1-3-5(14)6(15)8(17-3)13-2-4(10)7(11)12-9(13)16/h2-3,5-6,8,14-15H,1H3,(H2,11,12,16)/t3-,5?,6+,8-/m1/s1. The second kappa shape index (κ2) is 4.06. The van der Waals surface area contributed by atoms with E-state index in [2.05, 4.69) is 4.98 Å². The van der Waals surface area contributed by atoms with Crippen molar-refractivity contribution in [2.24, 2.45) is 0 Å². The zero-order chi connectivity index (χ0) is 12.7. The average molecular weight is 245 g/mol. The Morgan fingerprint density at radius 1 is 1.53 bits per heavy atom. The maximum atomic E-state index is 13.2. The summed E-state index contributed by atoms with van der Waals surface area (Å²) >= 11 is 0. The molecule has 1 saturated heterocycles. The van der Waals surface area contributed by atoms with Gasteiger partial charge in [0, 0.05) is 0 Å². The Morgan fingerprint density at radius 2 is 2.18 bits per heavy atom. The van der Waals surface area contributed by atoms with Crippen molar-refractivity contribution in [3.63, 3.8) is 0 Å². The number of aliphatic hydroxyl groups is 2. The van der Waals surface area contributed by atoms with E-state index in [1.807, 2.05) is 0 Å². The molecule has 0 spiro atoms.